The summed E-state index contributed by atoms with van der Waals surface area (Å²) in [7, 11) is 1.67. The van der Waals surface area contributed by atoms with Crippen molar-refractivity contribution in [3.05, 3.63) is 36.0 Å². The number of H-pyrrole nitrogens is 1. The summed E-state index contributed by atoms with van der Waals surface area (Å²) in [4.78, 5) is 0. The fourth-order valence-electron chi connectivity index (χ4n) is 2.18. The summed E-state index contributed by atoms with van der Waals surface area (Å²) in [6.07, 6.45) is 3.89. The standard InChI is InChI=1S/C14H17N3O/c1-18-12-7-3-6-11(8-12)15-14-9-13(16-17-14)10-4-2-5-10/h3,6-10H,2,4-5H2,1H3,(H2,15,16,17). The van der Waals surface area contributed by atoms with E-state index in [2.05, 4.69) is 21.6 Å². The number of aromatic amines is 1. The number of benzene rings is 1. The second kappa shape index (κ2) is 4.72. The molecule has 0 aliphatic heterocycles. The average molecular weight is 243 g/mol. The largest absolute Gasteiger partial charge is 0.497 e. The minimum Gasteiger partial charge on any atom is -0.497 e. The van der Waals surface area contributed by atoms with Crippen LogP contribution >= 0.6 is 0 Å². The van der Waals surface area contributed by atoms with Gasteiger partial charge in [-0.3, -0.25) is 5.10 Å². The first-order chi connectivity index (χ1) is 8.85. The van der Waals surface area contributed by atoms with Crippen molar-refractivity contribution in [2.24, 2.45) is 0 Å². The van der Waals surface area contributed by atoms with Crippen molar-refractivity contribution in [1.82, 2.24) is 10.2 Å². The Hall–Kier alpha value is -1.97. The number of nitrogens with one attached hydrogen (secondary N) is 2. The maximum atomic E-state index is 5.19. The topological polar surface area (TPSA) is 49.9 Å². The van der Waals surface area contributed by atoms with Gasteiger partial charge in [0.2, 0.25) is 0 Å². The maximum absolute atomic E-state index is 5.19. The van der Waals surface area contributed by atoms with Gasteiger partial charge in [-0.05, 0) is 25.0 Å². The van der Waals surface area contributed by atoms with E-state index < -0.39 is 0 Å². The quantitative estimate of drug-likeness (QED) is 0.865. The summed E-state index contributed by atoms with van der Waals surface area (Å²) >= 11 is 0. The van der Waals surface area contributed by atoms with Gasteiger partial charge in [-0.1, -0.05) is 12.5 Å². The van der Waals surface area contributed by atoms with Crippen LogP contribution in [-0.4, -0.2) is 17.3 Å². The molecule has 4 heteroatoms. The lowest BCUT2D eigenvalue weighted by Crippen LogP contribution is -2.08. The van der Waals surface area contributed by atoms with Crippen LogP contribution in [0, 0.1) is 0 Å². The molecule has 1 aromatic heterocycles. The van der Waals surface area contributed by atoms with Crippen molar-refractivity contribution >= 4 is 11.5 Å². The van der Waals surface area contributed by atoms with Gasteiger partial charge in [0.1, 0.15) is 5.75 Å². The smallest absolute Gasteiger partial charge is 0.152 e. The number of nitrogens with zero attached hydrogens (tertiary/aromatic N) is 1. The van der Waals surface area contributed by atoms with E-state index in [9.17, 15) is 0 Å². The van der Waals surface area contributed by atoms with Gasteiger partial charge in [0.15, 0.2) is 5.82 Å². The Morgan fingerprint density at radius 2 is 2.22 bits per heavy atom. The first-order valence-electron chi connectivity index (χ1n) is 6.31. The van der Waals surface area contributed by atoms with E-state index in [0.717, 1.165) is 17.3 Å². The number of anilines is 2. The van der Waals surface area contributed by atoms with Crippen molar-refractivity contribution in [2.75, 3.05) is 12.4 Å². The summed E-state index contributed by atoms with van der Waals surface area (Å²) in [6, 6.07) is 9.94. The highest BCUT2D eigenvalue weighted by atomic mass is 16.5. The Morgan fingerprint density at radius 1 is 1.33 bits per heavy atom. The summed E-state index contributed by atoms with van der Waals surface area (Å²) in [6.45, 7) is 0. The van der Waals surface area contributed by atoms with Crippen LogP contribution < -0.4 is 10.1 Å². The van der Waals surface area contributed by atoms with Gasteiger partial charge in [0.05, 0.1) is 7.11 Å². The predicted octanol–water partition coefficient (Wildman–Crippen LogP) is 3.43. The molecule has 1 aromatic carbocycles. The molecule has 3 rings (SSSR count). The Morgan fingerprint density at radius 3 is 2.94 bits per heavy atom. The van der Waals surface area contributed by atoms with Crippen LogP contribution in [0.25, 0.3) is 0 Å². The summed E-state index contributed by atoms with van der Waals surface area (Å²) < 4.78 is 5.19. The molecule has 4 nitrogen and oxygen atoms in total. The monoisotopic (exact) mass is 243 g/mol. The molecule has 1 saturated carbocycles. The second-order valence-electron chi connectivity index (χ2n) is 4.69. The maximum Gasteiger partial charge on any atom is 0.152 e. The van der Waals surface area contributed by atoms with E-state index in [4.69, 9.17) is 4.74 Å². The number of hydrogen-bond donors (Lipinski definition) is 2. The fraction of sp³-hybridized carbons (Fsp3) is 0.357. The van der Waals surface area contributed by atoms with Crippen LogP contribution in [0.4, 0.5) is 11.5 Å². The third kappa shape index (κ3) is 2.18. The van der Waals surface area contributed by atoms with E-state index in [-0.39, 0.29) is 0 Å². The number of rotatable bonds is 4. The van der Waals surface area contributed by atoms with Gasteiger partial charge >= 0.3 is 0 Å². The zero-order chi connectivity index (χ0) is 12.4. The molecule has 1 heterocycles. The molecule has 2 aromatic rings. The molecule has 18 heavy (non-hydrogen) atoms. The van der Waals surface area contributed by atoms with E-state index in [1.165, 1.54) is 25.0 Å². The molecule has 0 spiro atoms. The lowest BCUT2D eigenvalue weighted by atomic mass is 9.83. The molecule has 1 aliphatic carbocycles. The third-order valence-electron chi connectivity index (χ3n) is 3.48. The molecule has 2 N–H and O–H groups in total. The summed E-state index contributed by atoms with van der Waals surface area (Å²) in [5.41, 5.74) is 2.23. The molecule has 0 radical (unpaired) electrons. The lowest BCUT2D eigenvalue weighted by Gasteiger charge is -2.23. The number of ether oxygens (including phenoxy) is 1. The first kappa shape index (κ1) is 11.1. The molecule has 1 aliphatic rings. The van der Waals surface area contributed by atoms with Gasteiger partial charge in [-0.2, -0.15) is 5.10 Å². The van der Waals surface area contributed by atoms with Crippen LogP contribution in [-0.2, 0) is 0 Å². The zero-order valence-corrected chi connectivity index (χ0v) is 10.4. The highest BCUT2D eigenvalue weighted by Gasteiger charge is 2.21. The Labute approximate surface area is 106 Å². The molecular weight excluding hydrogens is 226 g/mol. The van der Waals surface area contributed by atoms with E-state index >= 15 is 0 Å². The van der Waals surface area contributed by atoms with Crippen LogP contribution in [0.1, 0.15) is 30.9 Å². The second-order valence-corrected chi connectivity index (χ2v) is 4.69. The molecule has 0 bridgehead atoms. The minimum absolute atomic E-state index is 0.679. The van der Waals surface area contributed by atoms with Crippen molar-refractivity contribution in [3.8, 4) is 5.75 Å². The molecule has 0 atom stereocenters. The van der Waals surface area contributed by atoms with Gasteiger partial charge in [-0.25, -0.2) is 0 Å². The van der Waals surface area contributed by atoms with E-state index in [1.54, 1.807) is 7.11 Å². The van der Waals surface area contributed by atoms with Gasteiger partial charge in [0.25, 0.3) is 0 Å². The van der Waals surface area contributed by atoms with Crippen LogP contribution in [0.5, 0.6) is 5.75 Å². The summed E-state index contributed by atoms with van der Waals surface area (Å²) in [5, 5.41) is 10.7. The fourth-order valence-corrected chi connectivity index (χ4v) is 2.18. The van der Waals surface area contributed by atoms with Crippen LogP contribution in [0.2, 0.25) is 0 Å². The average Bonchev–Trinajstić information content (AvgIpc) is 2.75. The van der Waals surface area contributed by atoms with E-state index in [1.807, 2.05) is 24.3 Å². The highest BCUT2D eigenvalue weighted by molar-refractivity contribution is 5.58. The minimum atomic E-state index is 0.679. The number of methoxy groups -OCH3 is 1. The first-order valence-corrected chi connectivity index (χ1v) is 6.31. The normalized spacial score (nSPS) is 15.2. The molecule has 1 fully saturated rings. The summed E-state index contributed by atoms with van der Waals surface area (Å²) in [5.74, 6) is 2.39. The van der Waals surface area contributed by atoms with Crippen molar-refractivity contribution < 1.29 is 4.74 Å². The Bertz CT molecular complexity index is 531. The molecule has 0 saturated heterocycles. The zero-order valence-electron chi connectivity index (χ0n) is 10.4. The number of aromatic nitrogens is 2. The SMILES string of the molecule is COc1cccc(Nc2cc(C3CCC3)[nH]n2)c1. The van der Waals surface area contributed by atoms with Gasteiger partial charge in [0, 0.05) is 29.4 Å². The predicted molar refractivity (Wildman–Crippen MR) is 71.5 cm³/mol. The lowest BCUT2D eigenvalue weighted by molar-refractivity contribution is 0.410. The molecular formula is C14H17N3O. The van der Waals surface area contributed by atoms with Crippen LogP contribution in [0.15, 0.2) is 30.3 Å². The Kier molecular flexibility index (Phi) is 2.92. The van der Waals surface area contributed by atoms with Crippen molar-refractivity contribution in [1.29, 1.82) is 0 Å². The van der Waals surface area contributed by atoms with E-state index in [0.29, 0.717) is 5.92 Å². The molecule has 94 valence electrons. The van der Waals surface area contributed by atoms with Crippen molar-refractivity contribution in [3.63, 3.8) is 0 Å². The molecule has 0 unspecified atom stereocenters. The molecule has 0 amide bonds. The highest BCUT2D eigenvalue weighted by Crippen LogP contribution is 2.36. The van der Waals surface area contributed by atoms with Crippen LogP contribution in [0.3, 0.4) is 0 Å². The Balaban J connectivity index is 1.72. The van der Waals surface area contributed by atoms with Crippen molar-refractivity contribution in [2.45, 2.75) is 25.2 Å². The van der Waals surface area contributed by atoms with Gasteiger partial charge in [-0.15, -0.1) is 0 Å². The van der Waals surface area contributed by atoms with Gasteiger partial charge < -0.3 is 10.1 Å². The number of hydrogen-bond acceptors (Lipinski definition) is 3. The third-order valence-corrected chi connectivity index (χ3v) is 3.48.